The number of anilines is 2. The Bertz CT molecular complexity index is 811. The summed E-state index contributed by atoms with van der Waals surface area (Å²) in [6.07, 6.45) is -0.294. The summed E-state index contributed by atoms with van der Waals surface area (Å²) >= 11 is 17.6. The first-order valence-corrected chi connectivity index (χ1v) is 7.86. The summed E-state index contributed by atoms with van der Waals surface area (Å²) in [5.74, 6) is -0.808. The van der Waals surface area contributed by atoms with E-state index in [1.54, 1.807) is 42.5 Å². The van der Waals surface area contributed by atoms with Crippen LogP contribution in [0.1, 0.15) is 6.42 Å². The summed E-state index contributed by atoms with van der Waals surface area (Å²) in [7, 11) is 0. The Labute approximate surface area is 148 Å². The molecular formula is C16H10Cl2N2O2S. The predicted molar refractivity (Wildman–Crippen MR) is 95.1 cm³/mol. The summed E-state index contributed by atoms with van der Waals surface area (Å²) in [6.45, 7) is 0. The Kier molecular flexibility index (Phi) is 4.35. The SMILES string of the molecule is O=C1CC(=O)N(c2cccc(Cl)c2Cl)C(=S)N1c1ccccc1. The highest BCUT2D eigenvalue weighted by Gasteiger charge is 2.37. The van der Waals surface area contributed by atoms with Gasteiger partial charge >= 0.3 is 0 Å². The number of rotatable bonds is 2. The Morgan fingerprint density at radius 2 is 1.52 bits per heavy atom. The average Bonchev–Trinajstić information content (AvgIpc) is 2.52. The zero-order valence-electron chi connectivity index (χ0n) is 11.7. The van der Waals surface area contributed by atoms with E-state index in [1.807, 2.05) is 6.07 Å². The van der Waals surface area contributed by atoms with E-state index in [1.165, 1.54) is 9.80 Å². The molecule has 1 aliphatic heterocycles. The molecule has 23 heavy (non-hydrogen) atoms. The van der Waals surface area contributed by atoms with Gasteiger partial charge in [-0.15, -0.1) is 0 Å². The molecule has 0 unspecified atom stereocenters. The smallest absolute Gasteiger partial charge is 0.242 e. The topological polar surface area (TPSA) is 40.6 Å². The third-order valence-corrected chi connectivity index (χ3v) is 4.54. The van der Waals surface area contributed by atoms with Gasteiger partial charge in [-0.3, -0.25) is 19.4 Å². The Balaban J connectivity index is 2.07. The normalized spacial score (nSPS) is 15.3. The molecule has 0 atom stereocenters. The summed E-state index contributed by atoms with van der Waals surface area (Å²) in [4.78, 5) is 27.2. The van der Waals surface area contributed by atoms with Gasteiger partial charge in [0.15, 0.2) is 5.11 Å². The van der Waals surface area contributed by atoms with E-state index in [4.69, 9.17) is 35.4 Å². The number of para-hydroxylation sites is 1. The summed E-state index contributed by atoms with van der Waals surface area (Å²) in [5.41, 5.74) is 0.959. The summed E-state index contributed by atoms with van der Waals surface area (Å²) in [5, 5.41) is 0.580. The van der Waals surface area contributed by atoms with E-state index in [0.717, 1.165) is 0 Å². The Morgan fingerprint density at radius 3 is 2.22 bits per heavy atom. The number of hydrogen-bond donors (Lipinski definition) is 0. The van der Waals surface area contributed by atoms with Gasteiger partial charge in [0, 0.05) is 0 Å². The van der Waals surface area contributed by atoms with Crippen molar-refractivity contribution in [3.05, 3.63) is 58.6 Å². The van der Waals surface area contributed by atoms with Crippen LogP contribution in [0.4, 0.5) is 11.4 Å². The maximum atomic E-state index is 12.3. The van der Waals surface area contributed by atoms with Crippen LogP contribution in [-0.4, -0.2) is 16.9 Å². The van der Waals surface area contributed by atoms with Crippen molar-refractivity contribution in [3.63, 3.8) is 0 Å². The molecule has 4 nitrogen and oxygen atoms in total. The minimum absolute atomic E-state index is 0.0571. The highest BCUT2D eigenvalue weighted by Crippen LogP contribution is 2.35. The van der Waals surface area contributed by atoms with Crippen LogP contribution in [-0.2, 0) is 9.59 Å². The van der Waals surface area contributed by atoms with Gasteiger partial charge in [-0.25, -0.2) is 0 Å². The molecule has 0 spiro atoms. The zero-order chi connectivity index (χ0) is 16.6. The van der Waals surface area contributed by atoms with Crippen LogP contribution in [0.15, 0.2) is 48.5 Å². The molecular weight excluding hydrogens is 355 g/mol. The average molecular weight is 365 g/mol. The second kappa shape index (κ2) is 6.28. The van der Waals surface area contributed by atoms with E-state index >= 15 is 0 Å². The highest BCUT2D eigenvalue weighted by atomic mass is 35.5. The van der Waals surface area contributed by atoms with E-state index in [2.05, 4.69) is 0 Å². The van der Waals surface area contributed by atoms with Gasteiger partial charge in [0.2, 0.25) is 11.8 Å². The Hall–Kier alpha value is -1.95. The van der Waals surface area contributed by atoms with Crippen LogP contribution in [0, 0.1) is 0 Å². The van der Waals surface area contributed by atoms with Crippen molar-refractivity contribution >= 4 is 63.7 Å². The van der Waals surface area contributed by atoms with Gasteiger partial charge in [0.05, 0.1) is 21.4 Å². The van der Waals surface area contributed by atoms with Gasteiger partial charge < -0.3 is 0 Å². The lowest BCUT2D eigenvalue weighted by Gasteiger charge is -2.35. The van der Waals surface area contributed by atoms with Crippen molar-refractivity contribution in [1.29, 1.82) is 0 Å². The van der Waals surface area contributed by atoms with Crippen molar-refractivity contribution in [2.24, 2.45) is 0 Å². The second-order valence-corrected chi connectivity index (χ2v) is 5.98. The number of benzene rings is 2. The molecule has 3 rings (SSSR count). The molecule has 1 heterocycles. The first-order chi connectivity index (χ1) is 11.0. The second-order valence-electron chi connectivity index (χ2n) is 4.83. The van der Waals surface area contributed by atoms with Gasteiger partial charge in [0.25, 0.3) is 0 Å². The predicted octanol–water partition coefficient (Wildman–Crippen LogP) is 4.05. The molecule has 0 bridgehead atoms. The van der Waals surface area contributed by atoms with Gasteiger partial charge in [0.1, 0.15) is 6.42 Å². The third-order valence-electron chi connectivity index (χ3n) is 3.37. The van der Waals surface area contributed by atoms with E-state index in [-0.39, 0.29) is 22.5 Å². The van der Waals surface area contributed by atoms with Crippen LogP contribution in [0.5, 0.6) is 0 Å². The van der Waals surface area contributed by atoms with Crippen molar-refractivity contribution in [3.8, 4) is 0 Å². The first kappa shape index (κ1) is 15.9. The molecule has 0 radical (unpaired) electrons. The molecule has 1 fully saturated rings. The number of thiocarbonyl (C=S) groups is 1. The number of halogens is 2. The molecule has 1 aliphatic rings. The van der Waals surface area contributed by atoms with Crippen LogP contribution in [0.25, 0.3) is 0 Å². The van der Waals surface area contributed by atoms with E-state index < -0.39 is 5.91 Å². The maximum absolute atomic E-state index is 12.3. The summed E-state index contributed by atoms with van der Waals surface area (Å²) < 4.78 is 0. The summed E-state index contributed by atoms with van der Waals surface area (Å²) in [6, 6.07) is 13.8. The fraction of sp³-hybridized carbons (Fsp3) is 0.0625. The lowest BCUT2D eigenvalue weighted by molar-refractivity contribution is -0.126. The fourth-order valence-electron chi connectivity index (χ4n) is 2.33. The minimum atomic E-state index is -0.434. The lowest BCUT2D eigenvalue weighted by atomic mass is 10.2. The van der Waals surface area contributed by atoms with Crippen molar-refractivity contribution in [2.75, 3.05) is 9.80 Å². The zero-order valence-corrected chi connectivity index (χ0v) is 14.0. The number of amides is 2. The molecule has 2 aromatic rings. The Morgan fingerprint density at radius 1 is 0.870 bits per heavy atom. The molecule has 116 valence electrons. The van der Waals surface area contributed by atoms with Gasteiger partial charge in [-0.05, 0) is 36.5 Å². The largest absolute Gasteiger partial charge is 0.273 e. The third kappa shape index (κ3) is 2.83. The minimum Gasteiger partial charge on any atom is -0.273 e. The van der Waals surface area contributed by atoms with Crippen LogP contribution in [0.2, 0.25) is 10.0 Å². The number of hydrogen-bond acceptors (Lipinski definition) is 3. The highest BCUT2D eigenvalue weighted by molar-refractivity contribution is 7.81. The monoisotopic (exact) mass is 364 g/mol. The maximum Gasteiger partial charge on any atom is 0.242 e. The number of carbonyl (C=O) groups excluding carboxylic acids is 2. The molecule has 0 N–H and O–H groups in total. The van der Waals surface area contributed by atoms with Crippen molar-refractivity contribution in [2.45, 2.75) is 6.42 Å². The molecule has 7 heteroatoms. The van der Waals surface area contributed by atoms with Crippen LogP contribution < -0.4 is 9.80 Å². The first-order valence-electron chi connectivity index (χ1n) is 6.69. The molecule has 2 aromatic carbocycles. The molecule has 0 aliphatic carbocycles. The van der Waals surface area contributed by atoms with Crippen LogP contribution >= 0.6 is 35.4 Å². The van der Waals surface area contributed by atoms with E-state index in [9.17, 15) is 9.59 Å². The number of nitrogens with zero attached hydrogens (tertiary/aromatic N) is 2. The van der Waals surface area contributed by atoms with Gasteiger partial charge in [-0.2, -0.15) is 0 Å². The quantitative estimate of drug-likeness (QED) is 0.596. The molecule has 0 aromatic heterocycles. The lowest BCUT2D eigenvalue weighted by Crippen LogP contribution is -2.55. The fourth-order valence-corrected chi connectivity index (χ4v) is 3.12. The molecule has 2 amide bonds. The van der Waals surface area contributed by atoms with Crippen molar-refractivity contribution < 1.29 is 9.59 Å². The standard InChI is InChI=1S/C16H10Cl2N2O2S/c17-11-7-4-8-12(15(11)18)20-14(22)9-13(21)19(16(20)23)10-5-2-1-3-6-10/h1-8H,9H2. The van der Waals surface area contributed by atoms with Crippen LogP contribution in [0.3, 0.4) is 0 Å². The molecule has 1 saturated heterocycles. The van der Waals surface area contributed by atoms with E-state index in [0.29, 0.717) is 16.4 Å². The van der Waals surface area contributed by atoms with Crippen molar-refractivity contribution in [1.82, 2.24) is 0 Å². The van der Waals surface area contributed by atoms with Gasteiger partial charge in [-0.1, -0.05) is 47.5 Å². The molecule has 0 saturated carbocycles. The number of carbonyl (C=O) groups is 2.